The topological polar surface area (TPSA) is 63.7 Å². The van der Waals surface area contributed by atoms with Gasteiger partial charge in [0, 0.05) is 12.6 Å². The highest BCUT2D eigenvalue weighted by Gasteiger charge is 2.30. The van der Waals surface area contributed by atoms with Crippen molar-refractivity contribution in [2.75, 3.05) is 6.54 Å². The number of carbonyl (C=O) groups excluding carboxylic acids is 1. The zero-order chi connectivity index (χ0) is 18.6. The minimum Gasteiger partial charge on any atom is -0.457 e. The van der Waals surface area contributed by atoms with Crippen LogP contribution in [0.15, 0.2) is 59.5 Å². The van der Waals surface area contributed by atoms with Gasteiger partial charge in [-0.05, 0) is 49.6 Å². The fraction of sp³-hybridized carbons (Fsp3) is 0.350. The highest BCUT2D eigenvalue weighted by molar-refractivity contribution is 7.89. The summed E-state index contributed by atoms with van der Waals surface area (Å²) in [5, 5.41) is 0. The predicted molar refractivity (Wildman–Crippen MR) is 99.2 cm³/mol. The zero-order valence-corrected chi connectivity index (χ0v) is 15.6. The van der Waals surface area contributed by atoms with E-state index in [0.717, 1.165) is 24.8 Å². The van der Waals surface area contributed by atoms with E-state index in [4.69, 9.17) is 4.74 Å². The Balaban J connectivity index is 1.68. The smallest absolute Gasteiger partial charge is 0.338 e. The van der Waals surface area contributed by atoms with Crippen molar-refractivity contribution in [3.63, 3.8) is 0 Å². The van der Waals surface area contributed by atoms with E-state index in [2.05, 4.69) is 0 Å². The lowest BCUT2D eigenvalue weighted by molar-refractivity contribution is 0.0472. The van der Waals surface area contributed by atoms with Crippen LogP contribution in [0.5, 0.6) is 0 Å². The Labute approximate surface area is 154 Å². The number of piperidine rings is 1. The van der Waals surface area contributed by atoms with Crippen LogP contribution in [0, 0.1) is 0 Å². The van der Waals surface area contributed by atoms with Crippen molar-refractivity contribution in [3.8, 4) is 0 Å². The number of ether oxygens (including phenoxy) is 1. The summed E-state index contributed by atoms with van der Waals surface area (Å²) in [6, 6.07) is 15.4. The number of hydrogen-bond donors (Lipinski definition) is 0. The van der Waals surface area contributed by atoms with E-state index >= 15 is 0 Å². The van der Waals surface area contributed by atoms with Gasteiger partial charge in [0.25, 0.3) is 0 Å². The molecule has 0 N–H and O–H groups in total. The van der Waals surface area contributed by atoms with E-state index in [9.17, 15) is 13.2 Å². The molecule has 0 aromatic heterocycles. The molecule has 1 aliphatic heterocycles. The Morgan fingerprint density at radius 3 is 2.42 bits per heavy atom. The molecular formula is C20H23NO4S. The van der Waals surface area contributed by atoms with Gasteiger partial charge in [0.15, 0.2) is 0 Å². The molecule has 0 spiro atoms. The summed E-state index contributed by atoms with van der Waals surface area (Å²) in [6.07, 6.45) is 2.82. The molecule has 2 aromatic rings. The van der Waals surface area contributed by atoms with Crippen molar-refractivity contribution in [3.05, 3.63) is 65.7 Å². The van der Waals surface area contributed by atoms with Crippen molar-refractivity contribution >= 4 is 16.0 Å². The Bertz CT molecular complexity index is 847. The molecule has 2 aromatic carbocycles. The van der Waals surface area contributed by atoms with Gasteiger partial charge >= 0.3 is 5.97 Å². The van der Waals surface area contributed by atoms with Crippen molar-refractivity contribution in [1.82, 2.24) is 4.31 Å². The van der Waals surface area contributed by atoms with E-state index in [0.29, 0.717) is 12.1 Å². The molecule has 138 valence electrons. The van der Waals surface area contributed by atoms with Crippen molar-refractivity contribution in [1.29, 1.82) is 0 Å². The first-order valence-electron chi connectivity index (χ1n) is 8.81. The Morgan fingerprint density at radius 1 is 1.08 bits per heavy atom. The van der Waals surface area contributed by atoms with Crippen LogP contribution in [0.3, 0.4) is 0 Å². The first kappa shape index (κ1) is 18.6. The van der Waals surface area contributed by atoms with Crippen LogP contribution in [0.2, 0.25) is 0 Å². The van der Waals surface area contributed by atoms with Crippen LogP contribution < -0.4 is 0 Å². The zero-order valence-electron chi connectivity index (χ0n) is 14.8. The van der Waals surface area contributed by atoms with Gasteiger partial charge in [0.2, 0.25) is 10.0 Å². The monoisotopic (exact) mass is 373 g/mol. The number of carbonyl (C=O) groups is 1. The molecule has 0 unspecified atom stereocenters. The van der Waals surface area contributed by atoms with Gasteiger partial charge in [0.1, 0.15) is 6.61 Å². The molecule has 0 saturated carbocycles. The molecule has 5 nitrogen and oxygen atoms in total. The molecule has 0 amide bonds. The molecule has 26 heavy (non-hydrogen) atoms. The molecule has 0 aliphatic carbocycles. The molecular weight excluding hydrogens is 350 g/mol. The number of hydrogen-bond acceptors (Lipinski definition) is 4. The lowest BCUT2D eigenvalue weighted by Crippen LogP contribution is -2.41. The average Bonchev–Trinajstić information content (AvgIpc) is 2.67. The van der Waals surface area contributed by atoms with Crippen LogP contribution in [0.1, 0.15) is 42.1 Å². The molecule has 3 rings (SSSR count). The second kappa shape index (κ2) is 8.01. The van der Waals surface area contributed by atoms with Gasteiger partial charge in [-0.1, -0.05) is 36.8 Å². The van der Waals surface area contributed by atoms with Crippen molar-refractivity contribution < 1.29 is 17.9 Å². The highest BCUT2D eigenvalue weighted by Crippen LogP contribution is 2.25. The molecule has 0 radical (unpaired) electrons. The third-order valence-corrected chi connectivity index (χ3v) is 6.68. The average molecular weight is 373 g/mol. The maximum absolute atomic E-state index is 12.8. The number of nitrogens with zero attached hydrogens (tertiary/aromatic N) is 1. The molecule has 0 bridgehead atoms. The van der Waals surface area contributed by atoms with Crippen LogP contribution in [0.4, 0.5) is 0 Å². The van der Waals surface area contributed by atoms with Crippen LogP contribution in [-0.4, -0.2) is 31.3 Å². The lowest BCUT2D eigenvalue weighted by atomic mass is 10.1. The van der Waals surface area contributed by atoms with Gasteiger partial charge in [-0.3, -0.25) is 0 Å². The maximum atomic E-state index is 12.8. The summed E-state index contributed by atoms with van der Waals surface area (Å²) in [7, 11) is -3.53. The first-order chi connectivity index (χ1) is 12.5. The number of benzene rings is 2. The van der Waals surface area contributed by atoms with Gasteiger partial charge in [0.05, 0.1) is 10.5 Å². The van der Waals surface area contributed by atoms with Crippen LogP contribution in [0.25, 0.3) is 0 Å². The molecule has 1 fully saturated rings. The summed E-state index contributed by atoms with van der Waals surface area (Å²) in [4.78, 5) is 12.4. The SMILES string of the molecule is C[C@@H]1CCCCN1S(=O)(=O)c1ccc(C(=O)OCc2ccccc2)cc1. The van der Waals surface area contributed by atoms with E-state index < -0.39 is 16.0 Å². The van der Waals surface area contributed by atoms with E-state index in [1.807, 2.05) is 37.3 Å². The lowest BCUT2D eigenvalue weighted by Gasteiger charge is -2.32. The molecule has 6 heteroatoms. The highest BCUT2D eigenvalue weighted by atomic mass is 32.2. The van der Waals surface area contributed by atoms with Crippen LogP contribution >= 0.6 is 0 Å². The molecule has 1 saturated heterocycles. The summed E-state index contributed by atoms with van der Waals surface area (Å²) in [6.45, 7) is 2.67. The second-order valence-electron chi connectivity index (χ2n) is 6.55. The molecule has 1 heterocycles. The number of sulfonamides is 1. The largest absolute Gasteiger partial charge is 0.457 e. The van der Waals surface area contributed by atoms with Crippen molar-refractivity contribution in [2.24, 2.45) is 0 Å². The first-order valence-corrected chi connectivity index (χ1v) is 10.3. The standard InChI is InChI=1S/C20H23NO4S/c1-16-7-5-6-14-21(16)26(23,24)19-12-10-18(11-13-19)20(22)25-15-17-8-3-2-4-9-17/h2-4,8-13,16H,5-7,14-15H2,1H3/t16-/m1/s1. The van der Waals surface area contributed by atoms with Crippen LogP contribution in [-0.2, 0) is 21.4 Å². The molecule has 1 aliphatic rings. The van der Waals surface area contributed by atoms with Gasteiger partial charge < -0.3 is 4.74 Å². The summed E-state index contributed by atoms with van der Waals surface area (Å²) < 4.78 is 32.4. The van der Waals surface area contributed by atoms with Crippen molar-refractivity contribution in [2.45, 2.75) is 43.7 Å². The third kappa shape index (κ3) is 4.14. The minimum atomic E-state index is -3.53. The third-order valence-electron chi connectivity index (χ3n) is 4.65. The van der Waals surface area contributed by atoms with Gasteiger partial charge in [-0.25, -0.2) is 13.2 Å². The van der Waals surface area contributed by atoms with Gasteiger partial charge in [-0.2, -0.15) is 4.31 Å². The summed E-state index contributed by atoms with van der Waals surface area (Å²) >= 11 is 0. The number of rotatable bonds is 5. The Morgan fingerprint density at radius 2 is 1.77 bits per heavy atom. The summed E-state index contributed by atoms with van der Waals surface area (Å²) in [5.41, 5.74) is 1.24. The quantitative estimate of drug-likeness (QED) is 0.751. The minimum absolute atomic E-state index is 0.00395. The Hall–Kier alpha value is -2.18. The Kier molecular flexibility index (Phi) is 5.74. The molecule has 1 atom stereocenters. The van der Waals surface area contributed by atoms with E-state index in [1.54, 1.807) is 4.31 Å². The van der Waals surface area contributed by atoms with Gasteiger partial charge in [-0.15, -0.1) is 0 Å². The normalized spacial score (nSPS) is 18.4. The fourth-order valence-electron chi connectivity index (χ4n) is 3.13. The maximum Gasteiger partial charge on any atom is 0.338 e. The van der Waals surface area contributed by atoms with E-state index in [1.165, 1.54) is 24.3 Å². The predicted octanol–water partition coefficient (Wildman–Crippen LogP) is 3.61. The van der Waals surface area contributed by atoms with E-state index in [-0.39, 0.29) is 17.5 Å². The second-order valence-corrected chi connectivity index (χ2v) is 8.44. The summed E-state index contributed by atoms with van der Waals surface area (Å²) in [5.74, 6) is -0.468. The fourth-order valence-corrected chi connectivity index (χ4v) is 4.83. The number of esters is 1.